The van der Waals surface area contributed by atoms with Crippen molar-refractivity contribution in [3.8, 4) is 0 Å². The molecule has 0 atom stereocenters. The van der Waals surface area contributed by atoms with Gasteiger partial charge in [0, 0.05) is 16.3 Å². The van der Waals surface area contributed by atoms with E-state index in [9.17, 15) is 8.42 Å². The lowest BCUT2D eigenvalue weighted by Gasteiger charge is -2.11. The van der Waals surface area contributed by atoms with Gasteiger partial charge in [0.1, 0.15) is 0 Å². The zero-order chi connectivity index (χ0) is 15.5. The van der Waals surface area contributed by atoms with Crippen LogP contribution in [0.3, 0.4) is 0 Å². The van der Waals surface area contributed by atoms with E-state index in [2.05, 4.69) is 25.2 Å². The van der Waals surface area contributed by atoms with Crippen LogP contribution in [0.25, 0.3) is 0 Å². The number of aryl methyl sites for hydroxylation is 2. The average Bonchev–Trinajstić information content (AvgIpc) is 2.76. The van der Waals surface area contributed by atoms with Crippen molar-refractivity contribution < 1.29 is 8.42 Å². The van der Waals surface area contributed by atoms with Crippen LogP contribution in [-0.2, 0) is 16.4 Å². The fourth-order valence-corrected chi connectivity index (χ4v) is 4.69. The zero-order valence-electron chi connectivity index (χ0n) is 12.6. The molecule has 21 heavy (non-hydrogen) atoms. The molecule has 1 heterocycles. The summed E-state index contributed by atoms with van der Waals surface area (Å²) in [6, 6.07) is 9.29. The van der Waals surface area contributed by atoms with Crippen LogP contribution < -0.4 is 5.32 Å². The maximum Gasteiger partial charge on any atom is 0.180 e. The molecule has 1 aromatic carbocycles. The Morgan fingerprint density at radius 1 is 1.19 bits per heavy atom. The molecule has 114 valence electrons. The highest BCUT2D eigenvalue weighted by Gasteiger charge is 2.17. The summed E-state index contributed by atoms with van der Waals surface area (Å²) in [5, 5.41) is 3.27. The van der Waals surface area contributed by atoms with Crippen LogP contribution in [0.15, 0.2) is 35.2 Å². The van der Waals surface area contributed by atoms with Gasteiger partial charge in [0.2, 0.25) is 0 Å². The van der Waals surface area contributed by atoms with Crippen LogP contribution in [0.5, 0.6) is 0 Å². The molecule has 0 bridgehead atoms. The van der Waals surface area contributed by atoms with E-state index in [1.807, 2.05) is 19.1 Å². The highest BCUT2D eigenvalue weighted by atomic mass is 32.2. The number of anilines is 1. The first kappa shape index (κ1) is 16.0. The van der Waals surface area contributed by atoms with Crippen molar-refractivity contribution in [2.45, 2.75) is 38.6 Å². The zero-order valence-corrected chi connectivity index (χ0v) is 14.3. The number of para-hydroxylation sites is 1. The molecule has 0 fully saturated rings. The van der Waals surface area contributed by atoms with Crippen molar-refractivity contribution in [1.29, 1.82) is 0 Å². The van der Waals surface area contributed by atoms with Gasteiger partial charge < -0.3 is 5.32 Å². The van der Waals surface area contributed by atoms with Gasteiger partial charge in [-0.05, 0) is 44.0 Å². The average molecular weight is 323 g/mol. The van der Waals surface area contributed by atoms with Crippen molar-refractivity contribution in [3.63, 3.8) is 0 Å². The van der Waals surface area contributed by atoms with Crippen LogP contribution >= 0.6 is 11.3 Å². The Bertz CT molecular complexity index is 698. The predicted molar refractivity (Wildman–Crippen MR) is 89.9 cm³/mol. The monoisotopic (exact) mass is 323 g/mol. The van der Waals surface area contributed by atoms with Crippen molar-refractivity contribution in [3.05, 3.63) is 45.6 Å². The van der Waals surface area contributed by atoms with Gasteiger partial charge in [0.25, 0.3) is 0 Å². The van der Waals surface area contributed by atoms with E-state index >= 15 is 0 Å². The summed E-state index contributed by atoms with van der Waals surface area (Å²) in [4.78, 5) is 2.92. The third-order valence-corrected chi connectivity index (χ3v) is 6.49. The molecule has 0 aliphatic rings. The Hall–Kier alpha value is -1.33. The summed E-state index contributed by atoms with van der Waals surface area (Å²) >= 11 is 1.75. The quantitative estimate of drug-likeness (QED) is 0.868. The maximum atomic E-state index is 12.3. The standard InChI is InChI=1S/C16H21NO2S2/c1-4-9-21(18,19)16-8-6-5-7-15(16)17-11-14-10-12(2)13(3)20-14/h5-8,10,17H,4,9,11H2,1-3H3. The third kappa shape index (κ3) is 3.86. The number of sulfone groups is 1. The van der Waals surface area contributed by atoms with Crippen molar-refractivity contribution >= 4 is 26.9 Å². The second-order valence-electron chi connectivity index (χ2n) is 5.12. The summed E-state index contributed by atoms with van der Waals surface area (Å²) in [5.41, 5.74) is 1.97. The highest BCUT2D eigenvalue weighted by Crippen LogP contribution is 2.25. The van der Waals surface area contributed by atoms with Gasteiger partial charge in [-0.15, -0.1) is 11.3 Å². The number of hydrogen-bond acceptors (Lipinski definition) is 4. The van der Waals surface area contributed by atoms with Crippen LogP contribution in [0.4, 0.5) is 5.69 Å². The molecule has 0 unspecified atom stereocenters. The number of nitrogens with one attached hydrogen (secondary N) is 1. The smallest absolute Gasteiger partial charge is 0.180 e. The second kappa shape index (κ2) is 6.62. The molecule has 3 nitrogen and oxygen atoms in total. The van der Waals surface area contributed by atoms with Crippen LogP contribution in [0.2, 0.25) is 0 Å². The van der Waals surface area contributed by atoms with Crippen LogP contribution in [0, 0.1) is 13.8 Å². The van der Waals surface area contributed by atoms with Gasteiger partial charge in [-0.2, -0.15) is 0 Å². The largest absolute Gasteiger partial charge is 0.379 e. The molecule has 0 radical (unpaired) electrons. The van der Waals surface area contributed by atoms with E-state index in [1.165, 1.54) is 15.3 Å². The minimum absolute atomic E-state index is 0.183. The van der Waals surface area contributed by atoms with Gasteiger partial charge in [-0.25, -0.2) is 8.42 Å². The topological polar surface area (TPSA) is 46.2 Å². The van der Waals surface area contributed by atoms with E-state index < -0.39 is 9.84 Å². The SMILES string of the molecule is CCCS(=O)(=O)c1ccccc1NCc1cc(C)c(C)s1. The normalized spacial score (nSPS) is 11.6. The molecular weight excluding hydrogens is 302 g/mol. The van der Waals surface area contributed by atoms with E-state index in [0.29, 0.717) is 23.5 Å². The molecule has 0 amide bonds. The fourth-order valence-electron chi connectivity index (χ4n) is 2.18. The molecule has 0 spiro atoms. The van der Waals surface area contributed by atoms with Gasteiger partial charge in [0.15, 0.2) is 9.84 Å². The molecule has 1 aromatic heterocycles. The Balaban J connectivity index is 2.21. The molecule has 0 saturated carbocycles. The lowest BCUT2D eigenvalue weighted by molar-refractivity contribution is 0.595. The Kier molecular flexibility index (Phi) is 5.06. The maximum absolute atomic E-state index is 12.3. The summed E-state index contributed by atoms with van der Waals surface area (Å²) in [6.45, 7) is 6.72. The first-order chi connectivity index (χ1) is 9.94. The minimum atomic E-state index is -3.21. The van der Waals surface area contributed by atoms with Crippen LogP contribution in [0.1, 0.15) is 28.7 Å². The third-order valence-electron chi connectivity index (χ3n) is 3.37. The van der Waals surface area contributed by atoms with Gasteiger partial charge >= 0.3 is 0 Å². The lowest BCUT2D eigenvalue weighted by atomic mass is 10.3. The summed E-state index contributed by atoms with van der Waals surface area (Å²) in [7, 11) is -3.21. The molecule has 1 N–H and O–H groups in total. The number of benzene rings is 1. The van der Waals surface area contributed by atoms with Gasteiger partial charge in [-0.3, -0.25) is 0 Å². The lowest BCUT2D eigenvalue weighted by Crippen LogP contribution is -2.10. The summed E-state index contributed by atoms with van der Waals surface area (Å²) < 4.78 is 24.6. The molecule has 2 aromatic rings. The molecule has 0 aliphatic carbocycles. The Morgan fingerprint density at radius 2 is 1.90 bits per heavy atom. The Labute approximate surface area is 130 Å². The minimum Gasteiger partial charge on any atom is -0.379 e. The number of thiophene rings is 1. The van der Waals surface area contributed by atoms with E-state index in [1.54, 1.807) is 23.5 Å². The number of hydrogen-bond donors (Lipinski definition) is 1. The summed E-state index contributed by atoms with van der Waals surface area (Å²) in [6.07, 6.45) is 0.625. The van der Waals surface area contributed by atoms with E-state index in [0.717, 1.165) is 0 Å². The van der Waals surface area contributed by atoms with E-state index in [-0.39, 0.29) is 5.75 Å². The molecule has 0 aliphatic heterocycles. The van der Waals surface area contributed by atoms with Crippen molar-refractivity contribution in [1.82, 2.24) is 0 Å². The molecule has 2 rings (SSSR count). The van der Waals surface area contributed by atoms with E-state index in [4.69, 9.17) is 0 Å². The summed E-state index contributed by atoms with van der Waals surface area (Å²) in [5.74, 6) is 0.183. The van der Waals surface area contributed by atoms with Crippen molar-refractivity contribution in [2.24, 2.45) is 0 Å². The van der Waals surface area contributed by atoms with Gasteiger partial charge in [-0.1, -0.05) is 19.1 Å². The van der Waals surface area contributed by atoms with Crippen LogP contribution in [-0.4, -0.2) is 14.2 Å². The van der Waals surface area contributed by atoms with Crippen molar-refractivity contribution in [2.75, 3.05) is 11.1 Å². The molecule has 0 saturated heterocycles. The highest BCUT2D eigenvalue weighted by molar-refractivity contribution is 7.91. The molecular formula is C16H21NO2S2. The first-order valence-electron chi connectivity index (χ1n) is 7.05. The van der Waals surface area contributed by atoms with Gasteiger partial charge in [0.05, 0.1) is 16.3 Å². The predicted octanol–water partition coefficient (Wildman–Crippen LogP) is 4.16. The number of rotatable bonds is 6. The molecule has 5 heteroatoms. The Morgan fingerprint density at radius 3 is 2.52 bits per heavy atom. The first-order valence-corrected chi connectivity index (χ1v) is 9.52. The second-order valence-corrected chi connectivity index (χ2v) is 8.54. The fraction of sp³-hybridized carbons (Fsp3) is 0.375.